The Bertz CT molecular complexity index is 1580. The fourth-order valence-corrected chi connectivity index (χ4v) is 6.21. The number of ether oxygens (including phenoxy) is 1. The van der Waals surface area contributed by atoms with Crippen molar-refractivity contribution in [3.8, 4) is 11.3 Å². The summed E-state index contributed by atoms with van der Waals surface area (Å²) in [4.78, 5) is 32.1. The third-order valence-electron chi connectivity index (χ3n) is 8.03. The molecule has 10 heteroatoms. The lowest BCUT2D eigenvalue weighted by Crippen LogP contribution is -2.35. The van der Waals surface area contributed by atoms with E-state index in [2.05, 4.69) is 38.5 Å². The number of amides is 1. The van der Waals surface area contributed by atoms with Gasteiger partial charge in [-0.3, -0.25) is 14.7 Å². The number of fused-ring (bicyclic) bond motifs is 5. The molecule has 0 radical (unpaired) electrons. The van der Waals surface area contributed by atoms with Crippen molar-refractivity contribution in [1.82, 2.24) is 29.7 Å². The molecule has 1 fully saturated rings. The first kappa shape index (κ1) is 23.1. The van der Waals surface area contributed by atoms with Gasteiger partial charge in [-0.1, -0.05) is 0 Å². The SMILES string of the molecule is CO[C@@H]1C[C@H]2CN(C)Cc3nc(Nc4cnc(-c5ccnc6c5ccn6C)c5c4C(=O)NC5)ccc3N2C1. The summed E-state index contributed by atoms with van der Waals surface area (Å²) in [5.74, 6) is 0.591. The van der Waals surface area contributed by atoms with Gasteiger partial charge in [0.15, 0.2) is 0 Å². The number of nitrogens with zero attached hydrogens (tertiary/aromatic N) is 6. The van der Waals surface area contributed by atoms with Crippen LogP contribution in [0.15, 0.2) is 42.9 Å². The normalized spacial score (nSPS) is 20.7. The zero-order chi connectivity index (χ0) is 26.0. The van der Waals surface area contributed by atoms with Gasteiger partial charge in [0.1, 0.15) is 11.5 Å². The van der Waals surface area contributed by atoms with Crippen molar-refractivity contribution in [2.45, 2.75) is 31.7 Å². The molecule has 0 unspecified atom stereocenters. The van der Waals surface area contributed by atoms with Gasteiger partial charge >= 0.3 is 0 Å². The highest BCUT2D eigenvalue weighted by Crippen LogP contribution is 2.37. The summed E-state index contributed by atoms with van der Waals surface area (Å²) < 4.78 is 7.66. The largest absolute Gasteiger partial charge is 0.380 e. The minimum atomic E-state index is -0.107. The Morgan fingerprint density at radius 3 is 2.89 bits per heavy atom. The van der Waals surface area contributed by atoms with Crippen LogP contribution in [0.2, 0.25) is 0 Å². The number of aryl methyl sites for hydroxylation is 1. The van der Waals surface area contributed by atoms with Crippen LogP contribution in [0.3, 0.4) is 0 Å². The molecule has 10 nitrogen and oxygen atoms in total. The molecule has 7 rings (SSSR count). The topological polar surface area (TPSA) is 100 Å². The molecule has 1 amide bonds. The van der Waals surface area contributed by atoms with Gasteiger partial charge in [-0.15, -0.1) is 0 Å². The lowest BCUT2D eigenvalue weighted by Gasteiger charge is -2.26. The summed E-state index contributed by atoms with van der Waals surface area (Å²) in [6.45, 7) is 3.05. The number of aromatic nitrogens is 4. The molecule has 3 aliphatic heterocycles. The predicted molar refractivity (Wildman–Crippen MR) is 146 cm³/mol. The fraction of sp³-hybridized carbons (Fsp3) is 0.357. The van der Waals surface area contributed by atoms with Gasteiger partial charge in [0.25, 0.3) is 5.91 Å². The highest BCUT2D eigenvalue weighted by molar-refractivity contribution is 6.06. The average Bonchev–Trinajstić information content (AvgIpc) is 3.60. The van der Waals surface area contributed by atoms with Gasteiger partial charge in [0.2, 0.25) is 0 Å². The molecular weight excluding hydrogens is 480 g/mol. The van der Waals surface area contributed by atoms with Gasteiger partial charge in [-0.2, -0.15) is 0 Å². The number of rotatable bonds is 4. The first-order valence-electron chi connectivity index (χ1n) is 13.0. The zero-order valence-electron chi connectivity index (χ0n) is 21.7. The number of anilines is 3. The van der Waals surface area contributed by atoms with Crippen molar-refractivity contribution in [3.05, 3.63) is 59.7 Å². The number of methoxy groups -OCH3 is 1. The second kappa shape index (κ2) is 8.78. The molecule has 7 heterocycles. The van der Waals surface area contributed by atoms with Crippen molar-refractivity contribution >= 4 is 34.1 Å². The van der Waals surface area contributed by atoms with Crippen LogP contribution in [0.1, 0.15) is 28.0 Å². The van der Waals surface area contributed by atoms with E-state index in [1.54, 1.807) is 19.5 Å². The summed E-state index contributed by atoms with van der Waals surface area (Å²) in [6.07, 6.45) is 6.78. The van der Waals surface area contributed by atoms with Gasteiger partial charge < -0.3 is 24.8 Å². The molecule has 4 aromatic rings. The molecule has 0 bridgehead atoms. The summed E-state index contributed by atoms with van der Waals surface area (Å²) >= 11 is 0. The van der Waals surface area contributed by atoms with Crippen LogP contribution in [0.25, 0.3) is 22.3 Å². The van der Waals surface area contributed by atoms with E-state index in [0.29, 0.717) is 29.7 Å². The molecule has 4 aromatic heterocycles. The lowest BCUT2D eigenvalue weighted by molar-refractivity contribution is 0.0966. The van der Waals surface area contributed by atoms with Crippen LogP contribution in [-0.4, -0.2) is 69.7 Å². The van der Waals surface area contributed by atoms with Crippen LogP contribution < -0.4 is 15.5 Å². The van der Waals surface area contributed by atoms with Gasteiger partial charge in [0.05, 0.1) is 40.6 Å². The second-order valence-electron chi connectivity index (χ2n) is 10.5. The Hall–Kier alpha value is -4.02. The third kappa shape index (κ3) is 3.63. The van der Waals surface area contributed by atoms with Crippen molar-refractivity contribution in [2.75, 3.05) is 37.5 Å². The monoisotopic (exact) mass is 510 g/mol. The Balaban J connectivity index is 1.25. The minimum Gasteiger partial charge on any atom is -0.380 e. The highest BCUT2D eigenvalue weighted by Gasteiger charge is 2.36. The smallest absolute Gasteiger partial charge is 0.254 e. The van der Waals surface area contributed by atoms with Gasteiger partial charge in [-0.05, 0) is 37.7 Å². The van der Waals surface area contributed by atoms with E-state index in [1.165, 1.54) is 0 Å². The van der Waals surface area contributed by atoms with E-state index < -0.39 is 0 Å². The third-order valence-corrected chi connectivity index (χ3v) is 8.03. The lowest BCUT2D eigenvalue weighted by atomic mass is 10.0. The van der Waals surface area contributed by atoms with Crippen molar-refractivity contribution in [3.63, 3.8) is 0 Å². The van der Waals surface area contributed by atoms with Gasteiger partial charge in [-0.25, -0.2) is 9.97 Å². The number of carbonyl (C=O) groups is 1. The molecule has 2 atom stereocenters. The van der Waals surface area contributed by atoms with Gasteiger partial charge in [0, 0.05) is 75.3 Å². The van der Waals surface area contributed by atoms with Crippen molar-refractivity contribution in [2.24, 2.45) is 7.05 Å². The standard InChI is InChI=1S/C28H30N8O2/c1-34-13-16-10-17(38-3)14-36(16)23-4-5-24(33-22(23)15-34)32-21-12-30-26(20-11-31-28(37)25(20)21)18-6-8-29-27-19(18)7-9-35(27)2/h4-9,12,16-17H,10-11,13-15H2,1-3H3,(H,31,37)(H,32,33)/t16-,17+/m0/s1. The number of hydrogen-bond acceptors (Lipinski definition) is 8. The van der Waals surface area contributed by atoms with Crippen LogP contribution in [0, 0.1) is 0 Å². The highest BCUT2D eigenvalue weighted by atomic mass is 16.5. The van der Waals surface area contributed by atoms with E-state index in [-0.39, 0.29) is 12.0 Å². The number of pyridine rings is 3. The Kier molecular flexibility index (Phi) is 5.34. The van der Waals surface area contributed by atoms with Crippen LogP contribution in [-0.2, 0) is 24.9 Å². The molecule has 0 aliphatic carbocycles. The molecule has 0 aromatic carbocycles. The number of likely N-dealkylation sites (N-methyl/N-ethyl adjacent to an activating group) is 1. The average molecular weight is 511 g/mol. The van der Waals surface area contributed by atoms with Crippen molar-refractivity contribution in [1.29, 1.82) is 0 Å². The van der Waals surface area contributed by atoms with E-state index >= 15 is 0 Å². The van der Waals surface area contributed by atoms with Crippen LogP contribution in [0.4, 0.5) is 17.2 Å². The maximum absolute atomic E-state index is 13.0. The molecule has 0 spiro atoms. The summed E-state index contributed by atoms with van der Waals surface area (Å²) in [5, 5.41) is 7.41. The number of carbonyl (C=O) groups excluding carboxylic acids is 1. The first-order valence-corrected chi connectivity index (χ1v) is 13.0. The summed E-state index contributed by atoms with van der Waals surface area (Å²) in [7, 11) is 5.90. The molecule has 2 N–H and O–H groups in total. The molecule has 0 saturated carbocycles. The van der Waals surface area contributed by atoms with E-state index in [9.17, 15) is 4.79 Å². The van der Waals surface area contributed by atoms with Crippen LogP contribution >= 0.6 is 0 Å². The van der Waals surface area contributed by atoms with Crippen molar-refractivity contribution < 1.29 is 9.53 Å². The molecule has 1 saturated heterocycles. The van der Waals surface area contributed by atoms with E-state index in [0.717, 1.165) is 65.3 Å². The quantitative estimate of drug-likeness (QED) is 0.432. The predicted octanol–water partition coefficient (Wildman–Crippen LogP) is 3.06. The fourth-order valence-electron chi connectivity index (χ4n) is 6.21. The van der Waals surface area contributed by atoms with E-state index in [4.69, 9.17) is 14.7 Å². The Labute approximate surface area is 220 Å². The zero-order valence-corrected chi connectivity index (χ0v) is 21.7. The molecule has 3 aliphatic rings. The number of hydrogen-bond donors (Lipinski definition) is 2. The number of nitrogens with one attached hydrogen (secondary N) is 2. The Morgan fingerprint density at radius 2 is 2.03 bits per heavy atom. The second-order valence-corrected chi connectivity index (χ2v) is 10.5. The molecule has 194 valence electrons. The molecular formula is C28H30N8O2. The summed E-state index contributed by atoms with van der Waals surface area (Å²) in [6, 6.07) is 8.55. The first-order chi connectivity index (χ1) is 18.5. The summed E-state index contributed by atoms with van der Waals surface area (Å²) in [5.41, 5.74) is 6.99. The van der Waals surface area contributed by atoms with Crippen LogP contribution in [0.5, 0.6) is 0 Å². The molecule has 38 heavy (non-hydrogen) atoms. The minimum absolute atomic E-state index is 0.107. The maximum Gasteiger partial charge on any atom is 0.254 e. The maximum atomic E-state index is 13.0. The van der Waals surface area contributed by atoms with E-state index in [1.807, 2.05) is 36.0 Å². The Morgan fingerprint density at radius 1 is 1.13 bits per heavy atom.